The second kappa shape index (κ2) is 8.45. The Bertz CT molecular complexity index is 648. The number of methoxy groups -OCH3 is 1. The van der Waals surface area contributed by atoms with Gasteiger partial charge >= 0.3 is 0 Å². The van der Waals surface area contributed by atoms with Gasteiger partial charge in [-0.05, 0) is 57.4 Å². The summed E-state index contributed by atoms with van der Waals surface area (Å²) in [4.78, 5) is 6.88. The minimum Gasteiger partial charge on any atom is -0.497 e. The van der Waals surface area contributed by atoms with Crippen LogP contribution in [0, 0.1) is 0 Å². The molecule has 136 valence electrons. The summed E-state index contributed by atoms with van der Waals surface area (Å²) in [5.74, 6) is 2.05. The normalized spacial score (nSPS) is 18.0. The van der Waals surface area contributed by atoms with Gasteiger partial charge in [0, 0.05) is 24.8 Å². The molecule has 2 aromatic rings. The molecule has 2 heterocycles. The molecule has 6 heteroatoms. The van der Waals surface area contributed by atoms with Crippen molar-refractivity contribution in [2.75, 3.05) is 20.3 Å². The average molecular weight is 345 g/mol. The van der Waals surface area contributed by atoms with Crippen LogP contribution in [0.2, 0.25) is 0 Å². The van der Waals surface area contributed by atoms with Crippen molar-refractivity contribution >= 4 is 0 Å². The van der Waals surface area contributed by atoms with Gasteiger partial charge in [-0.3, -0.25) is 4.90 Å². The molecule has 25 heavy (non-hydrogen) atoms. The fraction of sp³-hybridized carbons (Fsp3) is 0.579. The van der Waals surface area contributed by atoms with E-state index in [1.54, 1.807) is 7.11 Å². The van der Waals surface area contributed by atoms with E-state index in [0.29, 0.717) is 30.4 Å². The standard InChI is InChI=1S/C19H27N3O3/c1-14(2)22(12-17-6-4-5-11-24-17)13-18-20-19(21-25-18)15-7-9-16(23-3)10-8-15/h7-10,14,17H,4-6,11-13H2,1-3H3/t17-/m0/s1. The largest absolute Gasteiger partial charge is 0.497 e. The smallest absolute Gasteiger partial charge is 0.241 e. The van der Waals surface area contributed by atoms with E-state index in [0.717, 1.165) is 30.9 Å². The summed E-state index contributed by atoms with van der Waals surface area (Å²) < 4.78 is 16.5. The third-order valence-corrected chi connectivity index (χ3v) is 4.60. The van der Waals surface area contributed by atoms with Gasteiger partial charge in [0.1, 0.15) is 5.75 Å². The van der Waals surface area contributed by atoms with E-state index in [2.05, 4.69) is 28.9 Å². The van der Waals surface area contributed by atoms with Gasteiger partial charge in [0.25, 0.3) is 0 Å². The molecule has 1 aromatic heterocycles. The molecule has 0 N–H and O–H groups in total. The van der Waals surface area contributed by atoms with Crippen molar-refractivity contribution in [3.8, 4) is 17.1 Å². The third-order valence-electron chi connectivity index (χ3n) is 4.60. The molecular weight excluding hydrogens is 318 g/mol. The summed E-state index contributed by atoms with van der Waals surface area (Å²) in [5.41, 5.74) is 0.919. The lowest BCUT2D eigenvalue weighted by molar-refractivity contribution is -0.0147. The second-order valence-electron chi connectivity index (χ2n) is 6.75. The Labute approximate surface area is 149 Å². The highest BCUT2D eigenvalue weighted by molar-refractivity contribution is 5.55. The van der Waals surface area contributed by atoms with Gasteiger partial charge in [0.15, 0.2) is 0 Å². The van der Waals surface area contributed by atoms with Gasteiger partial charge in [-0.2, -0.15) is 4.98 Å². The van der Waals surface area contributed by atoms with Crippen molar-refractivity contribution in [1.29, 1.82) is 0 Å². The van der Waals surface area contributed by atoms with Crippen LogP contribution in [0.15, 0.2) is 28.8 Å². The molecule has 1 atom stereocenters. The Hall–Kier alpha value is -1.92. The minimum atomic E-state index is 0.306. The molecule has 3 rings (SSSR count). The van der Waals surface area contributed by atoms with Crippen LogP contribution in [0.5, 0.6) is 5.75 Å². The topological polar surface area (TPSA) is 60.6 Å². The maximum absolute atomic E-state index is 5.87. The first-order valence-electron chi connectivity index (χ1n) is 8.98. The van der Waals surface area contributed by atoms with E-state index < -0.39 is 0 Å². The maximum atomic E-state index is 5.87. The number of aromatic nitrogens is 2. The summed E-state index contributed by atoms with van der Waals surface area (Å²) in [6.07, 6.45) is 3.86. The molecule has 0 spiro atoms. The predicted octanol–water partition coefficient (Wildman–Crippen LogP) is 3.52. The summed E-state index contributed by atoms with van der Waals surface area (Å²) >= 11 is 0. The Morgan fingerprint density at radius 3 is 2.68 bits per heavy atom. The number of hydrogen-bond acceptors (Lipinski definition) is 6. The molecule has 1 aliphatic rings. The Morgan fingerprint density at radius 1 is 1.24 bits per heavy atom. The highest BCUT2D eigenvalue weighted by Gasteiger charge is 2.22. The summed E-state index contributed by atoms with van der Waals surface area (Å²) in [6, 6.07) is 8.05. The van der Waals surface area contributed by atoms with Crippen molar-refractivity contribution in [3.63, 3.8) is 0 Å². The summed E-state index contributed by atoms with van der Waals surface area (Å²) in [5, 5.41) is 4.12. The van der Waals surface area contributed by atoms with Crippen LogP contribution in [0.25, 0.3) is 11.4 Å². The van der Waals surface area contributed by atoms with E-state index in [1.165, 1.54) is 12.8 Å². The molecule has 1 saturated heterocycles. The fourth-order valence-corrected chi connectivity index (χ4v) is 3.02. The van der Waals surface area contributed by atoms with Crippen molar-refractivity contribution in [3.05, 3.63) is 30.2 Å². The number of ether oxygens (including phenoxy) is 2. The van der Waals surface area contributed by atoms with E-state index in [4.69, 9.17) is 14.0 Å². The van der Waals surface area contributed by atoms with Crippen molar-refractivity contribution in [1.82, 2.24) is 15.0 Å². The predicted molar refractivity (Wildman–Crippen MR) is 95.4 cm³/mol. The monoisotopic (exact) mass is 345 g/mol. The Balaban J connectivity index is 1.65. The average Bonchev–Trinajstić information content (AvgIpc) is 3.10. The lowest BCUT2D eigenvalue weighted by Crippen LogP contribution is -2.39. The Kier molecular flexibility index (Phi) is 6.04. The zero-order valence-corrected chi connectivity index (χ0v) is 15.3. The number of benzene rings is 1. The number of nitrogens with zero attached hydrogens (tertiary/aromatic N) is 3. The van der Waals surface area contributed by atoms with Crippen molar-refractivity contribution in [2.45, 2.75) is 51.8 Å². The first-order valence-corrected chi connectivity index (χ1v) is 8.98. The second-order valence-corrected chi connectivity index (χ2v) is 6.75. The third kappa shape index (κ3) is 4.80. The highest BCUT2D eigenvalue weighted by atomic mass is 16.5. The first kappa shape index (κ1) is 17.9. The summed E-state index contributed by atoms with van der Waals surface area (Å²) in [6.45, 7) is 6.78. The van der Waals surface area contributed by atoms with Crippen molar-refractivity contribution < 1.29 is 14.0 Å². The lowest BCUT2D eigenvalue weighted by atomic mass is 10.1. The zero-order chi connectivity index (χ0) is 17.6. The number of rotatable bonds is 7. The van der Waals surface area contributed by atoms with E-state index in [9.17, 15) is 0 Å². The molecule has 0 unspecified atom stereocenters. The maximum Gasteiger partial charge on any atom is 0.241 e. The minimum absolute atomic E-state index is 0.306. The van der Waals surface area contributed by atoms with Gasteiger partial charge in [-0.1, -0.05) is 5.16 Å². The van der Waals surface area contributed by atoms with Crippen LogP contribution < -0.4 is 4.74 Å². The van der Waals surface area contributed by atoms with Crippen LogP contribution >= 0.6 is 0 Å². The summed E-state index contributed by atoms with van der Waals surface area (Å²) in [7, 11) is 1.65. The van der Waals surface area contributed by atoms with Crippen LogP contribution in [0.1, 0.15) is 39.0 Å². The van der Waals surface area contributed by atoms with Crippen molar-refractivity contribution in [2.24, 2.45) is 0 Å². The van der Waals surface area contributed by atoms with Gasteiger partial charge in [-0.15, -0.1) is 0 Å². The van der Waals surface area contributed by atoms with Gasteiger partial charge in [0.05, 0.1) is 19.8 Å². The van der Waals surface area contributed by atoms with Crippen LogP contribution in [-0.4, -0.2) is 47.4 Å². The van der Waals surface area contributed by atoms with E-state index in [-0.39, 0.29) is 0 Å². The molecule has 0 aliphatic carbocycles. The SMILES string of the molecule is COc1ccc(-c2noc(CN(C[C@@H]3CCCCO3)C(C)C)n2)cc1. The van der Waals surface area contributed by atoms with E-state index in [1.807, 2.05) is 24.3 Å². The molecular formula is C19H27N3O3. The van der Waals surface area contributed by atoms with Gasteiger partial charge in [-0.25, -0.2) is 0 Å². The van der Waals surface area contributed by atoms with Gasteiger partial charge in [0.2, 0.25) is 11.7 Å². The lowest BCUT2D eigenvalue weighted by Gasteiger charge is -2.31. The molecule has 0 bridgehead atoms. The molecule has 0 saturated carbocycles. The quantitative estimate of drug-likeness (QED) is 0.765. The number of hydrogen-bond donors (Lipinski definition) is 0. The molecule has 0 radical (unpaired) electrons. The molecule has 1 aliphatic heterocycles. The zero-order valence-electron chi connectivity index (χ0n) is 15.3. The van der Waals surface area contributed by atoms with E-state index >= 15 is 0 Å². The highest BCUT2D eigenvalue weighted by Crippen LogP contribution is 2.21. The van der Waals surface area contributed by atoms with Crippen LogP contribution in [0.3, 0.4) is 0 Å². The first-order chi connectivity index (χ1) is 12.2. The molecule has 1 fully saturated rings. The van der Waals surface area contributed by atoms with Gasteiger partial charge < -0.3 is 14.0 Å². The molecule has 0 amide bonds. The fourth-order valence-electron chi connectivity index (χ4n) is 3.02. The molecule has 1 aromatic carbocycles. The molecule has 6 nitrogen and oxygen atoms in total. The van der Waals surface area contributed by atoms with Crippen LogP contribution in [0.4, 0.5) is 0 Å². The Morgan fingerprint density at radius 2 is 2.04 bits per heavy atom. The van der Waals surface area contributed by atoms with Crippen LogP contribution in [-0.2, 0) is 11.3 Å².